The van der Waals surface area contributed by atoms with Gasteiger partial charge in [0.2, 0.25) is 11.8 Å². The molecule has 3 aliphatic rings. The highest BCUT2D eigenvalue weighted by atomic mass is 32.2. The Kier molecular flexibility index (Phi) is 9.99. The lowest BCUT2D eigenvalue weighted by Gasteiger charge is -2.30. The Bertz CT molecular complexity index is 1370. The molecule has 1 aliphatic carbocycles. The Balaban J connectivity index is 1.53. The smallest absolute Gasteiger partial charge is 0.408 e. The standard InChI is InChI=1S/C31H42N4O7S/c1-30(2,3)42-29(39)32-24-16-11-6-4-5-10-15-23-21-31(23,33-26(36)25-17-12-19-35(25)27(24)37)28(38)34-43(40,41)20-18-22-13-8-7-9-14-22/h7-10,13-15,18,20,23-25H,4-6,11-12,16-17,19,21H2,1-3H3,(H,32,39)(H,33,36)(H,34,38)/b15-10-,20-18+/t23-,24+,25?,31-/m1/s1. The quantitative estimate of drug-likeness (QED) is 0.430. The number of nitrogens with one attached hydrogen (secondary N) is 3. The molecule has 1 aromatic carbocycles. The second-order valence-electron chi connectivity index (χ2n) is 12.4. The predicted octanol–water partition coefficient (Wildman–Crippen LogP) is 3.38. The average molecular weight is 615 g/mol. The van der Waals surface area contributed by atoms with Crippen LogP contribution in [0.3, 0.4) is 0 Å². The zero-order valence-electron chi connectivity index (χ0n) is 25.0. The predicted molar refractivity (Wildman–Crippen MR) is 162 cm³/mol. The van der Waals surface area contributed by atoms with Gasteiger partial charge in [0.05, 0.1) is 5.41 Å². The van der Waals surface area contributed by atoms with E-state index >= 15 is 0 Å². The van der Waals surface area contributed by atoms with Crippen molar-refractivity contribution in [2.75, 3.05) is 6.54 Å². The normalized spacial score (nSPS) is 27.6. The number of rotatable bonds is 5. The van der Waals surface area contributed by atoms with E-state index in [0.29, 0.717) is 44.2 Å². The van der Waals surface area contributed by atoms with Crippen molar-refractivity contribution in [3.63, 3.8) is 0 Å². The van der Waals surface area contributed by atoms with Crippen LogP contribution in [-0.2, 0) is 29.1 Å². The monoisotopic (exact) mass is 614 g/mol. The summed E-state index contributed by atoms with van der Waals surface area (Å²) in [6.45, 7) is 5.54. The maximum absolute atomic E-state index is 13.7. The topological polar surface area (TPSA) is 151 Å². The highest BCUT2D eigenvalue weighted by Gasteiger charge is 2.61. The largest absolute Gasteiger partial charge is 0.444 e. The summed E-state index contributed by atoms with van der Waals surface area (Å²) in [7, 11) is -4.15. The van der Waals surface area contributed by atoms with Crippen LogP contribution in [0.5, 0.6) is 0 Å². The molecule has 0 spiro atoms. The fourth-order valence-electron chi connectivity index (χ4n) is 5.53. The second kappa shape index (κ2) is 13.3. The van der Waals surface area contributed by atoms with E-state index < -0.39 is 51.2 Å². The van der Waals surface area contributed by atoms with Gasteiger partial charge in [0, 0.05) is 12.5 Å². The van der Waals surface area contributed by atoms with Crippen LogP contribution in [-0.4, -0.2) is 66.9 Å². The molecular weight excluding hydrogens is 572 g/mol. The van der Waals surface area contributed by atoms with Gasteiger partial charge in [-0.2, -0.15) is 0 Å². The van der Waals surface area contributed by atoms with Gasteiger partial charge >= 0.3 is 6.09 Å². The lowest BCUT2D eigenvalue weighted by Crippen LogP contribution is -2.58. The van der Waals surface area contributed by atoms with E-state index in [-0.39, 0.29) is 18.2 Å². The molecule has 3 N–H and O–H groups in total. The minimum atomic E-state index is -4.15. The average Bonchev–Trinajstić information content (AvgIpc) is 3.39. The van der Waals surface area contributed by atoms with Crippen LogP contribution in [0.15, 0.2) is 47.9 Å². The van der Waals surface area contributed by atoms with E-state index in [9.17, 15) is 27.6 Å². The van der Waals surface area contributed by atoms with E-state index in [1.807, 2.05) is 18.2 Å². The van der Waals surface area contributed by atoms with Crippen LogP contribution in [0.4, 0.5) is 4.79 Å². The molecule has 4 amide bonds. The minimum Gasteiger partial charge on any atom is -0.444 e. The third kappa shape index (κ3) is 8.68. The molecule has 2 fully saturated rings. The number of hydrogen-bond acceptors (Lipinski definition) is 7. The Hall–Kier alpha value is -3.67. The number of carbonyl (C=O) groups is 4. The summed E-state index contributed by atoms with van der Waals surface area (Å²) in [5.41, 5.74) is -1.54. The molecule has 43 heavy (non-hydrogen) atoms. The molecule has 2 heterocycles. The number of ether oxygens (including phenoxy) is 1. The van der Waals surface area contributed by atoms with Crippen LogP contribution in [0, 0.1) is 5.92 Å². The van der Waals surface area contributed by atoms with Crippen molar-refractivity contribution in [3.8, 4) is 0 Å². The molecule has 12 heteroatoms. The molecule has 1 aromatic rings. The van der Waals surface area contributed by atoms with Gasteiger partial charge in [-0.05, 0) is 70.9 Å². The van der Waals surface area contributed by atoms with Crippen LogP contribution < -0.4 is 15.4 Å². The molecule has 11 nitrogen and oxygen atoms in total. The van der Waals surface area contributed by atoms with Crippen molar-refractivity contribution >= 4 is 39.9 Å². The third-order valence-corrected chi connectivity index (χ3v) is 8.76. The number of amides is 4. The van der Waals surface area contributed by atoms with E-state index in [1.54, 1.807) is 45.0 Å². The third-order valence-electron chi connectivity index (χ3n) is 7.80. The second-order valence-corrected chi connectivity index (χ2v) is 14.0. The van der Waals surface area contributed by atoms with Gasteiger partial charge in [0.25, 0.3) is 15.9 Å². The number of benzene rings is 1. The van der Waals surface area contributed by atoms with Gasteiger partial charge in [0.15, 0.2) is 0 Å². The molecule has 4 atom stereocenters. The van der Waals surface area contributed by atoms with E-state index in [1.165, 1.54) is 11.0 Å². The number of hydrogen-bond donors (Lipinski definition) is 3. The van der Waals surface area contributed by atoms with Gasteiger partial charge in [0.1, 0.15) is 23.2 Å². The summed E-state index contributed by atoms with van der Waals surface area (Å²) in [5.74, 6) is -2.11. The van der Waals surface area contributed by atoms with E-state index in [2.05, 4.69) is 15.4 Å². The van der Waals surface area contributed by atoms with Crippen molar-refractivity contribution in [2.24, 2.45) is 5.92 Å². The molecule has 0 radical (unpaired) electrons. The first-order chi connectivity index (χ1) is 20.3. The molecule has 2 aliphatic heterocycles. The molecule has 1 saturated heterocycles. The van der Waals surface area contributed by atoms with Crippen LogP contribution in [0.25, 0.3) is 6.08 Å². The van der Waals surface area contributed by atoms with E-state index in [4.69, 9.17) is 4.74 Å². The molecule has 1 saturated carbocycles. The molecule has 1 unspecified atom stereocenters. The number of nitrogens with zero attached hydrogens (tertiary/aromatic N) is 1. The number of carbonyl (C=O) groups excluding carboxylic acids is 4. The number of sulfonamides is 1. The summed E-state index contributed by atoms with van der Waals surface area (Å²) < 4.78 is 33.1. The Labute approximate surface area is 253 Å². The Morgan fingerprint density at radius 1 is 1.07 bits per heavy atom. The van der Waals surface area contributed by atoms with E-state index in [0.717, 1.165) is 18.2 Å². The summed E-state index contributed by atoms with van der Waals surface area (Å²) >= 11 is 0. The SMILES string of the molecule is CC(C)(C)OC(=O)N[C@H]1CCCCC/C=C\[C@@H]2C[C@@]2(C(=O)NS(=O)(=O)/C=C/c2ccccc2)NC(=O)C2CCCN2C1=O. The fourth-order valence-corrected chi connectivity index (χ4v) is 6.37. The molecule has 0 aromatic heterocycles. The molecule has 234 valence electrons. The first kappa shape index (κ1) is 32.2. The van der Waals surface area contributed by atoms with Crippen molar-refractivity contribution in [3.05, 3.63) is 53.5 Å². The van der Waals surface area contributed by atoms with Gasteiger partial charge in [-0.1, -0.05) is 55.3 Å². The minimum absolute atomic E-state index is 0.239. The van der Waals surface area contributed by atoms with Crippen LogP contribution >= 0.6 is 0 Å². The summed E-state index contributed by atoms with van der Waals surface area (Å²) in [5, 5.41) is 6.44. The number of alkyl carbamates (subject to hydrolysis) is 1. The van der Waals surface area contributed by atoms with Gasteiger partial charge < -0.3 is 20.3 Å². The van der Waals surface area contributed by atoms with Crippen LogP contribution in [0.2, 0.25) is 0 Å². The highest BCUT2D eigenvalue weighted by molar-refractivity contribution is 7.93. The molecule has 4 rings (SSSR count). The van der Waals surface area contributed by atoms with Crippen molar-refractivity contribution in [1.82, 2.24) is 20.3 Å². The lowest BCUT2D eigenvalue weighted by atomic mass is 10.0. The maximum atomic E-state index is 13.7. The fraction of sp³-hybridized carbons (Fsp3) is 0.548. The summed E-state index contributed by atoms with van der Waals surface area (Å²) in [4.78, 5) is 54.8. The first-order valence-electron chi connectivity index (χ1n) is 14.9. The van der Waals surface area contributed by atoms with Crippen molar-refractivity contribution in [1.29, 1.82) is 0 Å². The summed E-state index contributed by atoms with van der Waals surface area (Å²) in [6, 6.07) is 7.09. The van der Waals surface area contributed by atoms with Gasteiger partial charge in [-0.3, -0.25) is 14.4 Å². The number of allylic oxidation sites excluding steroid dienone is 1. The maximum Gasteiger partial charge on any atom is 0.408 e. The first-order valence-corrected chi connectivity index (χ1v) is 16.4. The zero-order chi connectivity index (χ0) is 31.3. The van der Waals surface area contributed by atoms with Crippen molar-refractivity contribution < 1.29 is 32.3 Å². The Morgan fingerprint density at radius 2 is 1.81 bits per heavy atom. The van der Waals surface area contributed by atoms with Gasteiger partial charge in [-0.25, -0.2) is 17.9 Å². The molecule has 0 bridgehead atoms. The highest BCUT2D eigenvalue weighted by Crippen LogP contribution is 2.45. The number of fused-ring (bicyclic) bond motifs is 2. The van der Waals surface area contributed by atoms with Crippen molar-refractivity contribution in [2.45, 2.75) is 95.4 Å². The zero-order valence-corrected chi connectivity index (χ0v) is 25.8. The van der Waals surface area contributed by atoms with Crippen LogP contribution in [0.1, 0.15) is 77.7 Å². The Morgan fingerprint density at radius 3 is 2.53 bits per heavy atom. The van der Waals surface area contributed by atoms with Gasteiger partial charge in [-0.15, -0.1) is 0 Å². The molecular formula is C31H42N4O7S. The lowest BCUT2D eigenvalue weighted by molar-refractivity contribution is -0.141. The summed E-state index contributed by atoms with van der Waals surface area (Å²) in [6.07, 6.45) is 9.12.